The second kappa shape index (κ2) is 7.19. The van der Waals surface area contributed by atoms with Crippen molar-refractivity contribution in [2.75, 3.05) is 14.2 Å². The van der Waals surface area contributed by atoms with Gasteiger partial charge in [0.1, 0.15) is 0 Å². The predicted octanol–water partition coefficient (Wildman–Crippen LogP) is 5.21. The molecule has 0 radical (unpaired) electrons. The highest BCUT2D eigenvalue weighted by atomic mass is 79.9. The molecule has 0 bridgehead atoms. The van der Waals surface area contributed by atoms with Crippen molar-refractivity contribution in [3.8, 4) is 11.5 Å². The molecule has 2 nitrogen and oxygen atoms in total. The molecule has 0 aromatic heterocycles. The summed E-state index contributed by atoms with van der Waals surface area (Å²) >= 11 is 9.68. The largest absolute Gasteiger partial charge is 0.493 e. The lowest BCUT2D eigenvalue weighted by Crippen LogP contribution is -1.96. The Labute approximate surface area is 139 Å². The molecule has 2 aromatic carbocycles. The molecule has 4 heteroatoms. The smallest absolute Gasteiger partial charge is 0.174 e. The third-order valence-electron chi connectivity index (χ3n) is 3.43. The van der Waals surface area contributed by atoms with E-state index in [1.54, 1.807) is 14.2 Å². The molecule has 0 saturated carbocycles. The van der Waals surface area contributed by atoms with Crippen molar-refractivity contribution in [2.24, 2.45) is 0 Å². The number of aryl methyl sites for hydroxylation is 3. The monoisotopic (exact) mass is 368 g/mol. The lowest BCUT2D eigenvalue weighted by molar-refractivity contribution is 0.352. The summed E-state index contributed by atoms with van der Waals surface area (Å²) in [5.74, 6) is 1.46. The van der Waals surface area contributed by atoms with E-state index in [1.807, 2.05) is 19.1 Å². The van der Waals surface area contributed by atoms with Crippen LogP contribution in [0.1, 0.15) is 16.7 Å². The number of benzene rings is 2. The average Bonchev–Trinajstić information content (AvgIpc) is 2.47. The van der Waals surface area contributed by atoms with Crippen LogP contribution in [0.25, 0.3) is 0 Å². The van der Waals surface area contributed by atoms with E-state index in [4.69, 9.17) is 21.1 Å². The lowest BCUT2D eigenvalue weighted by Gasteiger charge is -2.12. The van der Waals surface area contributed by atoms with Gasteiger partial charge in [0.25, 0.3) is 0 Å². The van der Waals surface area contributed by atoms with Crippen molar-refractivity contribution in [1.29, 1.82) is 0 Å². The van der Waals surface area contributed by atoms with Gasteiger partial charge in [-0.2, -0.15) is 0 Å². The van der Waals surface area contributed by atoms with E-state index < -0.39 is 0 Å². The Morgan fingerprint density at radius 2 is 1.71 bits per heavy atom. The van der Waals surface area contributed by atoms with Gasteiger partial charge in [-0.05, 0) is 70.6 Å². The highest BCUT2D eigenvalue weighted by Gasteiger charge is 2.10. The van der Waals surface area contributed by atoms with Crippen LogP contribution in [0.3, 0.4) is 0 Å². The molecule has 0 N–H and O–H groups in total. The standard InChI is InChI=1S/C17H18BrClO2/c1-11-4-5-12(9-15(11)19)6-7-13-8-14(18)17(21-3)16(10-13)20-2/h4-5,8-10H,6-7H2,1-3H3. The van der Waals surface area contributed by atoms with Gasteiger partial charge in [-0.3, -0.25) is 0 Å². The van der Waals surface area contributed by atoms with Gasteiger partial charge in [0.2, 0.25) is 0 Å². The van der Waals surface area contributed by atoms with E-state index in [1.165, 1.54) is 11.1 Å². The number of hydrogen-bond acceptors (Lipinski definition) is 2. The number of hydrogen-bond donors (Lipinski definition) is 0. The molecular weight excluding hydrogens is 352 g/mol. The summed E-state index contributed by atoms with van der Waals surface area (Å²) < 4.78 is 11.6. The normalized spacial score (nSPS) is 10.5. The van der Waals surface area contributed by atoms with Crippen molar-refractivity contribution in [3.05, 3.63) is 56.5 Å². The molecule has 0 aliphatic carbocycles. The first-order valence-electron chi connectivity index (χ1n) is 6.70. The van der Waals surface area contributed by atoms with Crippen molar-refractivity contribution < 1.29 is 9.47 Å². The van der Waals surface area contributed by atoms with Crippen LogP contribution in [0.5, 0.6) is 11.5 Å². The van der Waals surface area contributed by atoms with Crippen LogP contribution < -0.4 is 9.47 Å². The average molecular weight is 370 g/mol. The predicted molar refractivity (Wildman–Crippen MR) is 90.8 cm³/mol. The summed E-state index contributed by atoms with van der Waals surface area (Å²) in [4.78, 5) is 0. The van der Waals surface area contributed by atoms with E-state index in [9.17, 15) is 0 Å². The molecule has 0 atom stereocenters. The van der Waals surface area contributed by atoms with Crippen molar-refractivity contribution in [3.63, 3.8) is 0 Å². The fourth-order valence-electron chi connectivity index (χ4n) is 2.20. The number of methoxy groups -OCH3 is 2. The first kappa shape index (κ1) is 16.2. The molecule has 0 spiro atoms. The summed E-state index contributed by atoms with van der Waals surface area (Å²) in [6, 6.07) is 10.3. The fraction of sp³-hybridized carbons (Fsp3) is 0.294. The van der Waals surface area contributed by atoms with Crippen LogP contribution in [0, 0.1) is 6.92 Å². The summed E-state index contributed by atoms with van der Waals surface area (Å²) in [6.45, 7) is 2.01. The van der Waals surface area contributed by atoms with Crippen molar-refractivity contribution >= 4 is 27.5 Å². The topological polar surface area (TPSA) is 18.5 Å². The van der Waals surface area contributed by atoms with E-state index in [0.29, 0.717) is 0 Å². The van der Waals surface area contributed by atoms with E-state index in [2.05, 4.69) is 34.1 Å². The van der Waals surface area contributed by atoms with Crippen LogP contribution in [0.4, 0.5) is 0 Å². The molecule has 2 rings (SSSR count). The van der Waals surface area contributed by atoms with Gasteiger partial charge in [0.15, 0.2) is 11.5 Å². The zero-order valence-corrected chi connectivity index (χ0v) is 14.7. The van der Waals surface area contributed by atoms with Gasteiger partial charge < -0.3 is 9.47 Å². The minimum Gasteiger partial charge on any atom is -0.493 e. The van der Waals surface area contributed by atoms with E-state index in [0.717, 1.165) is 39.4 Å². The van der Waals surface area contributed by atoms with Gasteiger partial charge in [-0.15, -0.1) is 0 Å². The molecule has 2 aromatic rings. The maximum atomic E-state index is 6.16. The van der Waals surface area contributed by atoms with Crippen LogP contribution in [-0.2, 0) is 12.8 Å². The summed E-state index contributed by atoms with van der Waals surface area (Å²) in [5, 5.41) is 0.820. The Morgan fingerprint density at radius 1 is 1.00 bits per heavy atom. The first-order valence-corrected chi connectivity index (χ1v) is 7.87. The minimum absolute atomic E-state index is 0.722. The summed E-state index contributed by atoms with van der Waals surface area (Å²) in [5.41, 5.74) is 3.53. The summed E-state index contributed by atoms with van der Waals surface area (Å²) in [7, 11) is 3.28. The lowest BCUT2D eigenvalue weighted by atomic mass is 10.0. The molecule has 0 unspecified atom stereocenters. The molecule has 0 aliphatic heterocycles. The molecule has 0 heterocycles. The molecular formula is C17H18BrClO2. The summed E-state index contributed by atoms with van der Waals surface area (Å²) in [6.07, 6.45) is 1.85. The SMILES string of the molecule is COc1cc(CCc2ccc(C)c(Cl)c2)cc(Br)c1OC. The van der Waals surface area contributed by atoms with Gasteiger partial charge in [0.05, 0.1) is 18.7 Å². The van der Waals surface area contributed by atoms with Crippen LogP contribution >= 0.6 is 27.5 Å². The second-order valence-electron chi connectivity index (χ2n) is 4.90. The Morgan fingerprint density at radius 3 is 2.33 bits per heavy atom. The molecule has 21 heavy (non-hydrogen) atoms. The van der Waals surface area contributed by atoms with Gasteiger partial charge in [-0.1, -0.05) is 23.7 Å². The third kappa shape index (κ3) is 3.92. The van der Waals surface area contributed by atoms with Crippen molar-refractivity contribution in [1.82, 2.24) is 0 Å². The molecule has 0 amide bonds. The number of halogens is 2. The first-order chi connectivity index (χ1) is 10.0. The fourth-order valence-corrected chi connectivity index (χ4v) is 3.05. The van der Waals surface area contributed by atoms with Gasteiger partial charge >= 0.3 is 0 Å². The zero-order valence-electron chi connectivity index (χ0n) is 12.4. The molecule has 0 saturated heterocycles. The number of ether oxygens (including phenoxy) is 2. The Bertz CT molecular complexity index is 641. The van der Waals surface area contributed by atoms with E-state index in [-0.39, 0.29) is 0 Å². The van der Waals surface area contributed by atoms with Crippen LogP contribution in [-0.4, -0.2) is 14.2 Å². The minimum atomic E-state index is 0.722. The highest BCUT2D eigenvalue weighted by molar-refractivity contribution is 9.10. The van der Waals surface area contributed by atoms with Crippen molar-refractivity contribution in [2.45, 2.75) is 19.8 Å². The quantitative estimate of drug-likeness (QED) is 0.720. The highest BCUT2D eigenvalue weighted by Crippen LogP contribution is 2.36. The van der Waals surface area contributed by atoms with E-state index >= 15 is 0 Å². The Kier molecular flexibility index (Phi) is 5.54. The number of rotatable bonds is 5. The molecule has 0 aliphatic rings. The van der Waals surface area contributed by atoms with Crippen LogP contribution in [0.15, 0.2) is 34.8 Å². The van der Waals surface area contributed by atoms with Gasteiger partial charge in [0, 0.05) is 5.02 Å². The zero-order chi connectivity index (χ0) is 15.4. The molecule has 112 valence electrons. The van der Waals surface area contributed by atoms with Crippen LogP contribution in [0.2, 0.25) is 5.02 Å². The second-order valence-corrected chi connectivity index (χ2v) is 6.16. The maximum absolute atomic E-state index is 6.16. The maximum Gasteiger partial charge on any atom is 0.174 e. The van der Waals surface area contributed by atoms with Gasteiger partial charge in [-0.25, -0.2) is 0 Å². The third-order valence-corrected chi connectivity index (χ3v) is 4.43. The Hall–Kier alpha value is -1.19. The molecule has 0 fully saturated rings. The Balaban J connectivity index is 2.16.